The summed E-state index contributed by atoms with van der Waals surface area (Å²) in [6, 6.07) is 22.4. The van der Waals surface area contributed by atoms with E-state index >= 15 is 0 Å². The smallest absolute Gasteiger partial charge is 0.339 e. The van der Waals surface area contributed by atoms with Crippen molar-refractivity contribution >= 4 is 51.8 Å². The van der Waals surface area contributed by atoms with E-state index in [1.165, 1.54) is 11.0 Å². The van der Waals surface area contributed by atoms with Gasteiger partial charge in [-0.3, -0.25) is 19.3 Å². The number of Topliss-reactive ketones (excluding diaryl/α,β-unsaturated/α-hetero) is 1. The van der Waals surface area contributed by atoms with Gasteiger partial charge in [0.15, 0.2) is 12.4 Å². The van der Waals surface area contributed by atoms with Gasteiger partial charge < -0.3 is 4.74 Å². The highest BCUT2D eigenvalue weighted by Crippen LogP contribution is 2.56. The summed E-state index contributed by atoms with van der Waals surface area (Å²) in [5, 5.41) is 1.00. The molecule has 4 unspecified atom stereocenters. The minimum atomic E-state index is -0.662. The van der Waals surface area contributed by atoms with Gasteiger partial charge in [-0.1, -0.05) is 54.1 Å². The van der Waals surface area contributed by atoms with Gasteiger partial charge in [0.25, 0.3) is 0 Å². The number of halogens is 1. The van der Waals surface area contributed by atoms with Crippen LogP contribution in [0.15, 0.2) is 78.9 Å². The highest BCUT2D eigenvalue weighted by Gasteiger charge is 2.61. The Labute approximate surface area is 241 Å². The number of carbonyl (C=O) groups excluding carboxylic acids is 4. The molecule has 1 saturated heterocycles. The first kappa shape index (κ1) is 25.6. The van der Waals surface area contributed by atoms with Gasteiger partial charge in [-0.15, -0.1) is 0 Å². The second-order valence-electron chi connectivity index (χ2n) is 11.0. The van der Waals surface area contributed by atoms with E-state index in [4.69, 9.17) is 21.3 Å². The molecule has 8 heteroatoms. The number of ketones is 1. The van der Waals surface area contributed by atoms with Crippen LogP contribution in [0.4, 0.5) is 5.69 Å². The molecule has 3 aromatic carbocycles. The summed E-state index contributed by atoms with van der Waals surface area (Å²) < 4.78 is 5.43. The molecule has 7 rings (SSSR count). The second kappa shape index (κ2) is 9.93. The van der Waals surface area contributed by atoms with Crippen molar-refractivity contribution < 1.29 is 23.9 Å². The summed E-state index contributed by atoms with van der Waals surface area (Å²) in [6.07, 6.45) is 3.01. The van der Waals surface area contributed by atoms with Crippen LogP contribution in [0.25, 0.3) is 22.2 Å². The number of amides is 2. The van der Waals surface area contributed by atoms with E-state index < -0.39 is 12.6 Å². The minimum Gasteiger partial charge on any atom is -0.454 e. The van der Waals surface area contributed by atoms with E-state index in [1.54, 1.807) is 60.7 Å². The van der Waals surface area contributed by atoms with Crippen LogP contribution in [0.3, 0.4) is 0 Å². The number of ether oxygens (including phenoxy) is 1. The van der Waals surface area contributed by atoms with Crippen molar-refractivity contribution in [3.05, 3.63) is 95.0 Å². The SMILES string of the molecule is O=C(COC(=O)c1cc(-c2cccc(N3C(=O)C4C5CCC(C5)C4C3=O)c2)nc2ccccc12)c1cccc(Cl)c1. The van der Waals surface area contributed by atoms with Crippen molar-refractivity contribution in [2.45, 2.75) is 19.3 Å². The van der Waals surface area contributed by atoms with Crippen LogP contribution in [0.5, 0.6) is 0 Å². The Morgan fingerprint density at radius 2 is 1.61 bits per heavy atom. The molecule has 3 fully saturated rings. The molecule has 4 atom stereocenters. The largest absolute Gasteiger partial charge is 0.454 e. The van der Waals surface area contributed by atoms with Crippen molar-refractivity contribution in [2.75, 3.05) is 11.5 Å². The van der Waals surface area contributed by atoms with Gasteiger partial charge in [0, 0.05) is 21.5 Å². The second-order valence-corrected chi connectivity index (χ2v) is 11.5. The summed E-state index contributed by atoms with van der Waals surface area (Å²) in [6.45, 7) is -0.440. The zero-order valence-electron chi connectivity index (χ0n) is 22.0. The Hall–Kier alpha value is -4.36. The molecule has 3 aliphatic rings. The number of pyridine rings is 1. The normalized spacial score (nSPS) is 22.8. The van der Waals surface area contributed by atoms with Crippen LogP contribution in [-0.4, -0.2) is 35.2 Å². The van der Waals surface area contributed by atoms with E-state index in [1.807, 2.05) is 12.1 Å². The molecular formula is C33H25ClN2O5. The Balaban J connectivity index is 1.19. The number of fused-ring (bicyclic) bond motifs is 6. The number of hydrogen-bond donors (Lipinski definition) is 0. The number of carbonyl (C=O) groups is 4. The molecule has 0 radical (unpaired) electrons. The average Bonchev–Trinajstić information content (AvgIpc) is 3.68. The van der Waals surface area contributed by atoms with Crippen molar-refractivity contribution in [3.63, 3.8) is 0 Å². The van der Waals surface area contributed by atoms with Crippen LogP contribution < -0.4 is 4.90 Å². The highest BCUT2D eigenvalue weighted by molar-refractivity contribution is 6.31. The van der Waals surface area contributed by atoms with E-state index in [2.05, 4.69) is 0 Å². The van der Waals surface area contributed by atoms with Crippen molar-refractivity contribution in [1.29, 1.82) is 0 Å². The lowest BCUT2D eigenvalue weighted by molar-refractivity contribution is -0.123. The van der Waals surface area contributed by atoms with Crippen LogP contribution in [-0.2, 0) is 14.3 Å². The minimum absolute atomic E-state index is 0.107. The topological polar surface area (TPSA) is 93.6 Å². The lowest BCUT2D eigenvalue weighted by Crippen LogP contribution is -2.32. The maximum absolute atomic E-state index is 13.4. The van der Waals surface area contributed by atoms with Crippen molar-refractivity contribution in [1.82, 2.24) is 4.98 Å². The molecule has 0 spiro atoms. The summed E-state index contributed by atoms with van der Waals surface area (Å²) in [4.78, 5) is 58.8. The van der Waals surface area contributed by atoms with Crippen LogP contribution in [0.2, 0.25) is 5.02 Å². The molecule has 2 heterocycles. The first-order valence-electron chi connectivity index (χ1n) is 13.7. The molecule has 2 aliphatic carbocycles. The van der Waals surface area contributed by atoms with Gasteiger partial charge in [0.05, 0.1) is 34.3 Å². The van der Waals surface area contributed by atoms with Gasteiger partial charge in [0.1, 0.15) is 0 Å². The fourth-order valence-electron chi connectivity index (χ4n) is 6.91. The maximum atomic E-state index is 13.4. The van der Waals surface area contributed by atoms with Crippen molar-refractivity contribution in [3.8, 4) is 11.3 Å². The average molecular weight is 565 g/mol. The fourth-order valence-corrected chi connectivity index (χ4v) is 7.10. The molecule has 204 valence electrons. The van der Waals surface area contributed by atoms with E-state index in [0.717, 1.165) is 19.3 Å². The number of benzene rings is 3. The number of imide groups is 1. The number of rotatable bonds is 6. The predicted molar refractivity (Wildman–Crippen MR) is 154 cm³/mol. The van der Waals surface area contributed by atoms with Crippen molar-refractivity contribution in [2.24, 2.45) is 23.7 Å². The molecule has 2 amide bonds. The standard InChI is InChI=1S/C33H25ClN2O5/c34-22-7-3-6-19(14-22)28(37)17-41-33(40)25-16-27(35-26-10-2-1-9-24(25)26)18-5-4-8-23(15-18)36-31(38)29-20-11-12-21(13-20)30(29)32(36)39/h1-10,14-16,20-21,29-30H,11-13,17H2. The quantitative estimate of drug-likeness (QED) is 0.159. The monoisotopic (exact) mass is 564 g/mol. The Morgan fingerprint density at radius 1 is 0.878 bits per heavy atom. The Bertz CT molecular complexity index is 1740. The fraction of sp³-hybridized carbons (Fsp3) is 0.242. The first-order chi connectivity index (χ1) is 19.9. The van der Waals surface area contributed by atoms with Gasteiger partial charge in [-0.25, -0.2) is 9.78 Å². The Morgan fingerprint density at radius 3 is 2.37 bits per heavy atom. The van der Waals surface area contributed by atoms with Crippen LogP contribution in [0, 0.1) is 23.7 Å². The molecule has 7 nitrogen and oxygen atoms in total. The van der Waals surface area contributed by atoms with Crippen LogP contribution >= 0.6 is 11.6 Å². The lowest BCUT2D eigenvalue weighted by atomic mass is 9.81. The highest BCUT2D eigenvalue weighted by atomic mass is 35.5. The molecule has 2 bridgehead atoms. The summed E-state index contributed by atoms with van der Waals surface area (Å²) in [5.41, 5.74) is 2.83. The van der Waals surface area contributed by atoms with Gasteiger partial charge in [-0.05, 0) is 67.5 Å². The van der Waals surface area contributed by atoms with Gasteiger partial charge >= 0.3 is 5.97 Å². The maximum Gasteiger partial charge on any atom is 0.339 e. The first-order valence-corrected chi connectivity index (χ1v) is 14.1. The van der Waals surface area contributed by atoms with Gasteiger partial charge in [-0.2, -0.15) is 0 Å². The predicted octanol–water partition coefficient (Wildman–Crippen LogP) is 6.13. The zero-order valence-corrected chi connectivity index (χ0v) is 22.7. The molecule has 0 N–H and O–H groups in total. The number of esters is 1. The Kier molecular flexibility index (Phi) is 6.20. The number of hydrogen-bond acceptors (Lipinski definition) is 6. The number of nitrogens with zero attached hydrogens (tertiary/aromatic N) is 2. The van der Waals surface area contributed by atoms with Gasteiger partial charge in [0.2, 0.25) is 11.8 Å². The van der Waals surface area contributed by atoms with E-state index in [-0.39, 0.29) is 35.0 Å². The summed E-state index contributed by atoms with van der Waals surface area (Å²) in [7, 11) is 0. The molecular weight excluding hydrogens is 540 g/mol. The summed E-state index contributed by atoms with van der Waals surface area (Å²) in [5.74, 6) is -1.06. The molecule has 1 aliphatic heterocycles. The van der Waals surface area contributed by atoms with E-state index in [0.29, 0.717) is 50.3 Å². The summed E-state index contributed by atoms with van der Waals surface area (Å²) >= 11 is 5.99. The number of para-hydroxylation sites is 1. The third kappa shape index (κ3) is 4.32. The molecule has 4 aromatic rings. The van der Waals surface area contributed by atoms with Crippen LogP contribution in [0.1, 0.15) is 40.0 Å². The third-order valence-electron chi connectivity index (χ3n) is 8.74. The molecule has 41 heavy (non-hydrogen) atoms. The zero-order chi connectivity index (χ0) is 28.2. The number of aromatic nitrogens is 1. The molecule has 1 aromatic heterocycles. The molecule has 2 saturated carbocycles. The third-order valence-corrected chi connectivity index (χ3v) is 8.98. The number of anilines is 1. The van der Waals surface area contributed by atoms with E-state index in [9.17, 15) is 19.2 Å². The lowest BCUT2D eigenvalue weighted by Gasteiger charge is -2.19.